The van der Waals surface area contributed by atoms with Gasteiger partial charge in [0.15, 0.2) is 0 Å². The van der Waals surface area contributed by atoms with Crippen molar-refractivity contribution in [2.24, 2.45) is 0 Å². The molecular weight excluding hydrogens is 266 g/mol. The molecule has 0 spiro atoms. The molecule has 0 bridgehead atoms. The fraction of sp³-hybridized carbons (Fsp3) is 0.938. The van der Waals surface area contributed by atoms with E-state index in [2.05, 4.69) is 36.1 Å². The lowest BCUT2D eigenvalue weighted by Gasteiger charge is -2.35. The van der Waals surface area contributed by atoms with Crippen LogP contribution in [0.2, 0.25) is 0 Å². The van der Waals surface area contributed by atoms with E-state index in [0.717, 1.165) is 39.0 Å². The zero-order valence-corrected chi connectivity index (χ0v) is 14.2. The molecule has 0 radical (unpaired) electrons. The molecule has 1 rings (SSSR count). The van der Waals surface area contributed by atoms with Gasteiger partial charge in [0.1, 0.15) is 6.04 Å². The molecule has 5 nitrogen and oxygen atoms in total. The molecule has 1 unspecified atom stereocenters. The van der Waals surface area contributed by atoms with Crippen molar-refractivity contribution >= 4 is 5.97 Å². The highest BCUT2D eigenvalue weighted by Crippen LogP contribution is 2.14. The molecule has 0 aromatic rings. The highest BCUT2D eigenvalue weighted by molar-refractivity contribution is 5.75. The van der Waals surface area contributed by atoms with E-state index in [4.69, 9.17) is 4.74 Å². The molecule has 0 amide bonds. The van der Waals surface area contributed by atoms with Crippen molar-refractivity contribution < 1.29 is 9.53 Å². The SMILES string of the molecule is CCCNC(CCN1CCC(N(C)C)CC1)C(=O)OCC. The first-order chi connectivity index (χ1) is 10.1. The van der Waals surface area contributed by atoms with Gasteiger partial charge in [-0.25, -0.2) is 0 Å². The van der Waals surface area contributed by atoms with Crippen LogP contribution in [0.3, 0.4) is 0 Å². The Morgan fingerprint density at radius 3 is 2.52 bits per heavy atom. The maximum Gasteiger partial charge on any atom is 0.323 e. The number of carbonyl (C=O) groups is 1. The number of likely N-dealkylation sites (tertiary alicyclic amines) is 1. The molecule has 21 heavy (non-hydrogen) atoms. The number of rotatable bonds is 9. The standard InChI is InChI=1S/C16H33N3O2/c1-5-10-17-15(16(20)21-6-2)9-13-19-11-7-14(8-12-19)18(3)4/h14-15,17H,5-13H2,1-4H3. The van der Waals surface area contributed by atoms with Crippen molar-refractivity contribution in [1.82, 2.24) is 15.1 Å². The number of nitrogens with zero attached hydrogens (tertiary/aromatic N) is 2. The van der Waals surface area contributed by atoms with Gasteiger partial charge in [-0.15, -0.1) is 0 Å². The Morgan fingerprint density at radius 1 is 1.33 bits per heavy atom. The molecule has 1 aliphatic rings. The first kappa shape index (κ1) is 18.4. The summed E-state index contributed by atoms with van der Waals surface area (Å²) in [5.41, 5.74) is 0. The molecule has 1 atom stereocenters. The summed E-state index contributed by atoms with van der Waals surface area (Å²) in [5, 5.41) is 3.31. The van der Waals surface area contributed by atoms with Gasteiger partial charge in [0.25, 0.3) is 0 Å². The highest BCUT2D eigenvalue weighted by Gasteiger charge is 2.23. The van der Waals surface area contributed by atoms with E-state index in [0.29, 0.717) is 12.6 Å². The van der Waals surface area contributed by atoms with Gasteiger partial charge in [-0.1, -0.05) is 6.92 Å². The molecule has 1 saturated heterocycles. The Bertz CT molecular complexity index is 289. The van der Waals surface area contributed by atoms with E-state index in [1.165, 1.54) is 12.8 Å². The van der Waals surface area contributed by atoms with E-state index in [-0.39, 0.29) is 12.0 Å². The second-order valence-corrected chi connectivity index (χ2v) is 6.08. The van der Waals surface area contributed by atoms with Crippen molar-refractivity contribution in [1.29, 1.82) is 0 Å². The monoisotopic (exact) mass is 299 g/mol. The summed E-state index contributed by atoms with van der Waals surface area (Å²) in [7, 11) is 4.32. The van der Waals surface area contributed by atoms with E-state index >= 15 is 0 Å². The number of hydrogen-bond donors (Lipinski definition) is 1. The topological polar surface area (TPSA) is 44.8 Å². The van der Waals surface area contributed by atoms with E-state index < -0.39 is 0 Å². The minimum absolute atomic E-state index is 0.103. The quantitative estimate of drug-likeness (QED) is 0.651. The summed E-state index contributed by atoms with van der Waals surface area (Å²) in [6.45, 7) is 8.53. The minimum atomic E-state index is -0.156. The number of nitrogens with one attached hydrogen (secondary N) is 1. The summed E-state index contributed by atoms with van der Waals surface area (Å²) in [6, 6.07) is 0.553. The first-order valence-corrected chi connectivity index (χ1v) is 8.37. The van der Waals surface area contributed by atoms with E-state index in [1.54, 1.807) is 0 Å². The third-order valence-electron chi connectivity index (χ3n) is 4.23. The highest BCUT2D eigenvalue weighted by atomic mass is 16.5. The van der Waals surface area contributed by atoms with Crippen molar-refractivity contribution in [2.75, 3.05) is 46.9 Å². The zero-order valence-electron chi connectivity index (χ0n) is 14.2. The molecule has 0 aliphatic carbocycles. The molecule has 0 aromatic carbocycles. The summed E-state index contributed by atoms with van der Waals surface area (Å²) in [6.07, 6.45) is 4.31. The van der Waals surface area contributed by atoms with E-state index in [1.807, 2.05) is 6.92 Å². The van der Waals surface area contributed by atoms with Crippen molar-refractivity contribution in [2.45, 2.75) is 51.6 Å². The summed E-state index contributed by atoms with van der Waals surface area (Å²) in [4.78, 5) is 16.7. The molecule has 1 aliphatic heterocycles. The van der Waals surface area contributed by atoms with Gasteiger partial charge in [-0.2, -0.15) is 0 Å². The Hall–Kier alpha value is -0.650. The summed E-state index contributed by atoms with van der Waals surface area (Å²) >= 11 is 0. The Morgan fingerprint density at radius 2 is 2.00 bits per heavy atom. The lowest BCUT2D eigenvalue weighted by atomic mass is 10.0. The lowest BCUT2D eigenvalue weighted by Crippen LogP contribution is -2.45. The van der Waals surface area contributed by atoms with E-state index in [9.17, 15) is 4.79 Å². The van der Waals surface area contributed by atoms with Crippen LogP contribution in [0.5, 0.6) is 0 Å². The van der Waals surface area contributed by atoms with Crippen LogP contribution in [0, 0.1) is 0 Å². The molecular formula is C16H33N3O2. The van der Waals surface area contributed by atoms with Crippen LogP contribution in [0.1, 0.15) is 39.5 Å². The van der Waals surface area contributed by atoms with Crippen LogP contribution < -0.4 is 5.32 Å². The average Bonchev–Trinajstić information content (AvgIpc) is 2.48. The molecule has 1 fully saturated rings. The van der Waals surface area contributed by atoms with Crippen molar-refractivity contribution in [3.63, 3.8) is 0 Å². The minimum Gasteiger partial charge on any atom is -0.465 e. The number of carbonyl (C=O) groups excluding carboxylic acids is 1. The van der Waals surface area contributed by atoms with Gasteiger partial charge in [0.05, 0.1) is 6.61 Å². The predicted molar refractivity (Wildman–Crippen MR) is 86.5 cm³/mol. The summed E-state index contributed by atoms with van der Waals surface area (Å²) in [5.74, 6) is -0.103. The van der Waals surface area contributed by atoms with Crippen molar-refractivity contribution in [3.05, 3.63) is 0 Å². The second-order valence-electron chi connectivity index (χ2n) is 6.08. The third-order valence-corrected chi connectivity index (χ3v) is 4.23. The average molecular weight is 299 g/mol. The largest absolute Gasteiger partial charge is 0.465 e. The fourth-order valence-corrected chi connectivity index (χ4v) is 2.84. The van der Waals surface area contributed by atoms with Gasteiger partial charge in [0, 0.05) is 12.6 Å². The van der Waals surface area contributed by atoms with Crippen LogP contribution in [-0.4, -0.2) is 74.7 Å². The number of esters is 1. The van der Waals surface area contributed by atoms with Crippen LogP contribution in [0.15, 0.2) is 0 Å². The normalized spacial score (nSPS) is 18.9. The molecule has 1 N–H and O–H groups in total. The number of hydrogen-bond acceptors (Lipinski definition) is 5. The lowest BCUT2D eigenvalue weighted by molar-refractivity contribution is -0.146. The van der Waals surface area contributed by atoms with Gasteiger partial charge in [0.2, 0.25) is 0 Å². The maximum absolute atomic E-state index is 12.0. The maximum atomic E-state index is 12.0. The number of piperidine rings is 1. The van der Waals surface area contributed by atoms with Crippen LogP contribution in [0.25, 0.3) is 0 Å². The molecule has 1 heterocycles. The van der Waals surface area contributed by atoms with Gasteiger partial charge in [-0.05, 0) is 66.3 Å². The second kappa shape index (κ2) is 10.1. The Labute approximate surface area is 130 Å². The van der Waals surface area contributed by atoms with Crippen LogP contribution in [-0.2, 0) is 9.53 Å². The van der Waals surface area contributed by atoms with Crippen LogP contribution in [0.4, 0.5) is 0 Å². The predicted octanol–water partition coefficient (Wildman–Crippen LogP) is 1.33. The van der Waals surface area contributed by atoms with Crippen molar-refractivity contribution in [3.8, 4) is 0 Å². The third kappa shape index (κ3) is 6.76. The molecule has 124 valence electrons. The van der Waals surface area contributed by atoms with Gasteiger partial charge >= 0.3 is 5.97 Å². The Kier molecular flexibility index (Phi) is 8.88. The number of ether oxygens (including phenoxy) is 1. The zero-order chi connectivity index (χ0) is 15.7. The smallest absolute Gasteiger partial charge is 0.323 e. The van der Waals surface area contributed by atoms with Gasteiger partial charge < -0.3 is 19.9 Å². The molecule has 5 heteroatoms. The molecule has 0 saturated carbocycles. The molecule has 0 aromatic heterocycles. The Balaban J connectivity index is 2.34. The summed E-state index contributed by atoms with van der Waals surface area (Å²) < 4.78 is 5.16. The first-order valence-electron chi connectivity index (χ1n) is 8.37. The van der Waals surface area contributed by atoms with Crippen LogP contribution >= 0.6 is 0 Å². The van der Waals surface area contributed by atoms with Gasteiger partial charge in [-0.3, -0.25) is 4.79 Å². The fourth-order valence-electron chi connectivity index (χ4n) is 2.84.